The first-order chi connectivity index (χ1) is 17.2. The van der Waals surface area contributed by atoms with Gasteiger partial charge in [-0.05, 0) is 87.4 Å². The van der Waals surface area contributed by atoms with E-state index in [1.54, 1.807) is 50.2 Å². The minimum Gasteiger partial charge on any atom is -0.508 e. The molecular formula is C26H27N3O6S. The largest absolute Gasteiger partial charge is 0.508 e. The van der Waals surface area contributed by atoms with Crippen LogP contribution in [0.3, 0.4) is 0 Å². The normalized spacial score (nSPS) is 11.7. The van der Waals surface area contributed by atoms with Gasteiger partial charge in [-0.25, -0.2) is 10.2 Å². The predicted molar refractivity (Wildman–Crippen MR) is 138 cm³/mol. The minimum absolute atomic E-state index is 0.139. The smallest absolute Gasteiger partial charge is 0.341 e. The number of phenolic OH excluding ortho intramolecular Hbond substituents is 1. The number of nitrogens with zero attached hydrogens (tertiary/aromatic N) is 1. The molecule has 9 nitrogen and oxygen atoms in total. The van der Waals surface area contributed by atoms with Crippen molar-refractivity contribution in [1.82, 2.24) is 5.43 Å². The van der Waals surface area contributed by atoms with Crippen molar-refractivity contribution in [2.45, 2.75) is 33.8 Å². The van der Waals surface area contributed by atoms with Gasteiger partial charge in [0.2, 0.25) is 0 Å². The molecule has 2 aromatic carbocycles. The van der Waals surface area contributed by atoms with Crippen LogP contribution in [-0.4, -0.2) is 41.8 Å². The van der Waals surface area contributed by atoms with Crippen molar-refractivity contribution in [2.75, 3.05) is 11.9 Å². The first-order valence-corrected chi connectivity index (χ1v) is 12.0. The Morgan fingerprint density at radius 1 is 1.08 bits per heavy atom. The maximum Gasteiger partial charge on any atom is 0.341 e. The number of thiophene rings is 1. The standard InChI is InChI=1S/C26H27N3O6S/c1-5-34-26(33)22-15(2)17(4)36-25(22)28-24(32)19-8-12-21(13-9-19)35-16(3)23(31)29-27-14-18-6-10-20(30)11-7-18/h6-14,16,30H,5H2,1-4H3,(H,28,32)(H,29,31)/b27-14+. The SMILES string of the molecule is CCOC(=O)c1c(NC(=O)c2ccc(OC(C)C(=O)N/N=C/c3ccc(O)cc3)cc2)sc(C)c1C. The molecule has 2 amide bonds. The van der Waals surface area contributed by atoms with Crippen molar-refractivity contribution in [3.8, 4) is 11.5 Å². The summed E-state index contributed by atoms with van der Waals surface area (Å²) in [5.74, 6) is -0.783. The van der Waals surface area contributed by atoms with Crippen LogP contribution >= 0.6 is 11.3 Å². The summed E-state index contributed by atoms with van der Waals surface area (Å²) in [5, 5.41) is 16.4. The fourth-order valence-electron chi connectivity index (χ4n) is 3.10. The Kier molecular flexibility index (Phi) is 8.80. The van der Waals surface area contributed by atoms with Gasteiger partial charge in [-0.2, -0.15) is 5.10 Å². The highest BCUT2D eigenvalue weighted by Crippen LogP contribution is 2.33. The second-order valence-corrected chi connectivity index (χ2v) is 9.00. The topological polar surface area (TPSA) is 126 Å². The lowest BCUT2D eigenvalue weighted by Crippen LogP contribution is -2.33. The highest BCUT2D eigenvalue weighted by molar-refractivity contribution is 7.16. The summed E-state index contributed by atoms with van der Waals surface area (Å²) in [7, 11) is 0. The van der Waals surface area contributed by atoms with Crippen LogP contribution in [0.1, 0.15) is 50.6 Å². The fraction of sp³-hybridized carbons (Fsp3) is 0.231. The number of carbonyl (C=O) groups is 3. The zero-order valence-electron chi connectivity index (χ0n) is 20.3. The van der Waals surface area contributed by atoms with Gasteiger partial charge in [0.1, 0.15) is 16.5 Å². The highest BCUT2D eigenvalue weighted by atomic mass is 32.1. The lowest BCUT2D eigenvalue weighted by atomic mass is 10.1. The van der Waals surface area contributed by atoms with E-state index in [1.165, 1.54) is 29.7 Å². The third-order valence-corrected chi connectivity index (χ3v) is 6.29. The Balaban J connectivity index is 1.58. The maximum absolute atomic E-state index is 12.8. The molecule has 0 aliphatic rings. The molecule has 0 spiro atoms. The number of carbonyl (C=O) groups excluding carboxylic acids is 3. The van der Waals surface area contributed by atoms with Gasteiger partial charge in [0, 0.05) is 10.4 Å². The van der Waals surface area contributed by atoms with Crippen molar-refractivity contribution in [2.24, 2.45) is 5.10 Å². The lowest BCUT2D eigenvalue weighted by Gasteiger charge is -2.13. The highest BCUT2D eigenvalue weighted by Gasteiger charge is 2.22. The number of benzene rings is 2. The number of amides is 2. The third kappa shape index (κ3) is 6.70. The number of hydrazone groups is 1. The Hall–Kier alpha value is -4.18. The van der Waals surface area contributed by atoms with Crippen molar-refractivity contribution in [3.05, 3.63) is 75.7 Å². The number of hydrogen-bond acceptors (Lipinski definition) is 8. The monoisotopic (exact) mass is 509 g/mol. The first-order valence-electron chi connectivity index (χ1n) is 11.2. The van der Waals surface area contributed by atoms with Gasteiger partial charge in [-0.1, -0.05) is 0 Å². The van der Waals surface area contributed by atoms with Gasteiger partial charge in [-0.15, -0.1) is 11.3 Å². The number of anilines is 1. The number of aromatic hydroxyl groups is 1. The van der Waals surface area contributed by atoms with E-state index in [1.807, 2.05) is 13.8 Å². The molecule has 0 bridgehead atoms. The molecule has 0 saturated carbocycles. The molecule has 0 aliphatic carbocycles. The van der Waals surface area contributed by atoms with E-state index in [0.29, 0.717) is 27.4 Å². The molecule has 3 aromatic rings. The molecule has 3 rings (SSSR count). The van der Waals surface area contributed by atoms with Crippen LogP contribution in [0.4, 0.5) is 5.00 Å². The van der Waals surface area contributed by atoms with Crippen molar-refractivity contribution in [1.29, 1.82) is 0 Å². The number of phenols is 1. The second-order valence-electron chi connectivity index (χ2n) is 7.77. The Morgan fingerprint density at radius 2 is 1.75 bits per heavy atom. The number of hydrogen-bond donors (Lipinski definition) is 3. The van der Waals surface area contributed by atoms with Gasteiger partial charge in [-0.3, -0.25) is 9.59 Å². The zero-order valence-corrected chi connectivity index (χ0v) is 21.1. The van der Waals surface area contributed by atoms with Gasteiger partial charge in [0.15, 0.2) is 6.10 Å². The molecule has 36 heavy (non-hydrogen) atoms. The Labute approximate surface area is 212 Å². The van der Waals surface area contributed by atoms with Crippen molar-refractivity contribution >= 4 is 40.3 Å². The van der Waals surface area contributed by atoms with Gasteiger partial charge >= 0.3 is 5.97 Å². The molecule has 1 atom stereocenters. The molecule has 10 heteroatoms. The summed E-state index contributed by atoms with van der Waals surface area (Å²) < 4.78 is 10.8. The zero-order chi connectivity index (χ0) is 26.2. The molecule has 0 saturated heterocycles. The minimum atomic E-state index is -0.842. The Morgan fingerprint density at radius 3 is 2.39 bits per heavy atom. The lowest BCUT2D eigenvalue weighted by molar-refractivity contribution is -0.127. The number of ether oxygens (including phenoxy) is 2. The molecule has 3 N–H and O–H groups in total. The predicted octanol–water partition coefficient (Wildman–Crippen LogP) is 4.42. The maximum atomic E-state index is 12.8. The average Bonchev–Trinajstić information content (AvgIpc) is 3.13. The van der Waals surface area contributed by atoms with E-state index in [-0.39, 0.29) is 18.3 Å². The van der Waals surface area contributed by atoms with E-state index in [9.17, 15) is 19.5 Å². The molecule has 0 radical (unpaired) electrons. The Bertz CT molecular complexity index is 1270. The molecule has 1 aromatic heterocycles. The number of rotatable bonds is 9. The second kappa shape index (κ2) is 12.0. The van der Waals surface area contributed by atoms with Crippen LogP contribution in [0.25, 0.3) is 0 Å². The van der Waals surface area contributed by atoms with Crippen LogP contribution < -0.4 is 15.5 Å². The van der Waals surface area contributed by atoms with E-state index in [0.717, 1.165) is 10.4 Å². The number of aryl methyl sites for hydroxylation is 1. The van der Waals surface area contributed by atoms with Gasteiger partial charge < -0.3 is 19.9 Å². The first kappa shape index (κ1) is 26.4. The molecule has 1 heterocycles. The molecule has 188 valence electrons. The number of esters is 1. The molecule has 0 fully saturated rings. The summed E-state index contributed by atoms with van der Waals surface area (Å²) >= 11 is 1.31. The van der Waals surface area contributed by atoms with E-state index in [2.05, 4.69) is 15.8 Å². The molecule has 1 unspecified atom stereocenters. The quantitative estimate of drug-likeness (QED) is 0.223. The van der Waals surface area contributed by atoms with Crippen LogP contribution in [0.15, 0.2) is 53.6 Å². The van der Waals surface area contributed by atoms with Crippen molar-refractivity contribution in [3.63, 3.8) is 0 Å². The summed E-state index contributed by atoms with van der Waals surface area (Å²) in [6.07, 6.45) is 0.604. The third-order valence-electron chi connectivity index (χ3n) is 5.17. The molecular weight excluding hydrogens is 482 g/mol. The molecule has 0 aliphatic heterocycles. The average molecular weight is 510 g/mol. The van der Waals surface area contributed by atoms with Gasteiger partial charge in [0.25, 0.3) is 11.8 Å². The fourth-order valence-corrected chi connectivity index (χ4v) is 4.15. The van der Waals surface area contributed by atoms with E-state index < -0.39 is 18.0 Å². The van der Waals surface area contributed by atoms with Crippen LogP contribution in [0.2, 0.25) is 0 Å². The van der Waals surface area contributed by atoms with Crippen molar-refractivity contribution < 1.29 is 29.0 Å². The van der Waals surface area contributed by atoms with Crippen LogP contribution in [0.5, 0.6) is 11.5 Å². The van der Waals surface area contributed by atoms with Gasteiger partial charge in [0.05, 0.1) is 18.4 Å². The summed E-state index contributed by atoms with van der Waals surface area (Å²) in [6, 6.07) is 12.6. The summed E-state index contributed by atoms with van der Waals surface area (Å²) in [6.45, 7) is 7.23. The van der Waals surface area contributed by atoms with Crippen LogP contribution in [0, 0.1) is 13.8 Å². The number of nitrogens with one attached hydrogen (secondary N) is 2. The summed E-state index contributed by atoms with van der Waals surface area (Å²) in [5.41, 5.74) is 4.60. The van der Waals surface area contributed by atoms with E-state index >= 15 is 0 Å². The summed E-state index contributed by atoms with van der Waals surface area (Å²) in [4.78, 5) is 38.3. The van der Waals surface area contributed by atoms with E-state index in [4.69, 9.17) is 9.47 Å². The van der Waals surface area contributed by atoms with Crippen LogP contribution in [-0.2, 0) is 9.53 Å².